The molecule has 0 N–H and O–H groups in total. The lowest BCUT2D eigenvalue weighted by Crippen LogP contribution is -2.09. The molecular weight excluding hydrogens is 216 g/mol. The van der Waals surface area contributed by atoms with E-state index in [0.29, 0.717) is 11.6 Å². The number of carbonyl (C=O) groups is 1. The number of hydrogen-bond acceptors (Lipinski definition) is 3. The van der Waals surface area contributed by atoms with Crippen molar-refractivity contribution in [3.05, 3.63) is 16.9 Å². The fourth-order valence-electron chi connectivity index (χ4n) is 1.12. The Labute approximate surface area is 94.2 Å². The van der Waals surface area contributed by atoms with Gasteiger partial charge in [-0.15, -0.1) is 0 Å². The Kier molecular flexibility index (Phi) is 4.15. The van der Waals surface area contributed by atoms with Crippen LogP contribution >= 0.6 is 11.6 Å². The number of rotatable bonds is 4. The van der Waals surface area contributed by atoms with Crippen molar-refractivity contribution in [2.24, 2.45) is 0 Å². The normalized spacial score (nSPS) is 12.5. The van der Waals surface area contributed by atoms with Crippen LogP contribution in [0, 0.1) is 0 Å². The molecule has 84 valence electrons. The summed E-state index contributed by atoms with van der Waals surface area (Å²) in [6.45, 7) is 6.13. The van der Waals surface area contributed by atoms with Crippen LogP contribution in [0.15, 0.2) is 6.20 Å². The summed E-state index contributed by atoms with van der Waals surface area (Å²) in [4.78, 5) is 11.4. The molecule has 1 aromatic rings. The highest BCUT2D eigenvalue weighted by Crippen LogP contribution is 2.19. The standard InChI is InChI=1S/C10H15ClN2O2/c1-4-7(3)13-6-8(11)9(12-13)10(14)15-5-2/h6-7H,4-5H2,1-3H3/t7-/m0/s1. The molecule has 1 atom stereocenters. The highest BCUT2D eigenvalue weighted by Gasteiger charge is 2.17. The van der Waals surface area contributed by atoms with E-state index in [4.69, 9.17) is 16.3 Å². The van der Waals surface area contributed by atoms with Gasteiger partial charge in [0.25, 0.3) is 0 Å². The second kappa shape index (κ2) is 5.16. The van der Waals surface area contributed by atoms with E-state index in [1.54, 1.807) is 17.8 Å². The summed E-state index contributed by atoms with van der Waals surface area (Å²) in [5, 5.41) is 4.45. The topological polar surface area (TPSA) is 44.1 Å². The zero-order valence-corrected chi connectivity index (χ0v) is 9.91. The molecule has 1 heterocycles. The van der Waals surface area contributed by atoms with Crippen molar-refractivity contribution in [1.29, 1.82) is 0 Å². The predicted molar refractivity (Wildman–Crippen MR) is 58.2 cm³/mol. The van der Waals surface area contributed by atoms with Gasteiger partial charge in [0.2, 0.25) is 0 Å². The maximum atomic E-state index is 11.4. The van der Waals surface area contributed by atoms with E-state index in [2.05, 4.69) is 5.10 Å². The maximum absolute atomic E-state index is 11.4. The molecule has 15 heavy (non-hydrogen) atoms. The van der Waals surface area contributed by atoms with Crippen LogP contribution in [-0.2, 0) is 4.74 Å². The number of ether oxygens (including phenoxy) is 1. The molecule has 0 aromatic carbocycles. The van der Waals surface area contributed by atoms with Gasteiger partial charge in [-0.3, -0.25) is 4.68 Å². The van der Waals surface area contributed by atoms with Crippen molar-refractivity contribution < 1.29 is 9.53 Å². The van der Waals surface area contributed by atoms with E-state index in [9.17, 15) is 4.79 Å². The average molecular weight is 231 g/mol. The minimum atomic E-state index is -0.468. The first-order valence-electron chi connectivity index (χ1n) is 5.01. The minimum absolute atomic E-state index is 0.193. The van der Waals surface area contributed by atoms with Gasteiger partial charge in [0, 0.05) is 12.2 Å². The fourth-order valence-corrected chi connectivity index (χ4v) is 1.33. The lowest BCUT2D eigenvalue weighted by atomic mass is 10.3. The molecule has 0 fully saturated rings. The lowest BCUT2D eigenvalue weighted by Gasteiger charge is -2.07. The van der Waals surface area contributed by atoms with Crippen molar-refractivity contribution in [2.75, 3.05) is 6.61 Å². The molecule has 0 unspecified atom stereocenters. The molecule has 0 aliphatic carbocycles. The minimum Gasteiger partial charge on any atom is -0.461 e. The number of hydrogen-bond donors (Lipinski definition) is 0. The maximum Gasteiger partial charge on any atom is 0.360 e. The Morgan fingerprint density at radius 1 is 1.67 bits per heavy atom. The molecule has 0 bridgehead atoms. The average Bonchev–Trinajstić information content (AvgIpc) is 2.59. The van der Waals surface area contributed by atoms with Crippen LogP contribution in [0.1, 0.15) is 43.7 Å². The van der Waals surface area contributed by atoms with E-state index in [0.717, 1.165) is 6.42 Å². The smallest absolute Gasteiger partial charge is 0.360 e. The van der Waals surface area contributed by atoms with Crippen LogP contribution < -0.4 is 0 Å². The third kappa shape index (κ3) is 2.72. The second-order valence-corrected chi connectivity index (χ2v) is 3.69. The van der Waals surface area contributed by atoms with Crippen molar-refractivity contribution in [3.8, 4) is 0 Å². The first kappa shape index (κ1) is 12.0. The largest absolute Gasteiger partial charge is 0.461 e. The molecule has 5 heteroatoms. The van der Waals surface area contributed by atoms with Gasteiger partial charge < -0.3 is 4.74 Å². The van der Waals surface area contributed by atoms with Crippen LogP contribution in [0.3, 0.4) is 0 Å². The van der Waals surface area contributed by atoms with Gasteiger partial charge in [-0.25, -0.2) is 4.79 Å². The molecule has 1 rings (SSSR count). The molecule has 0 saturated heterocycles. The summed E-state index contributed by atoms with van der Waals surface area (Å²) < 4.78 is 6.53. The van der Waals surface area contributed by atoms with Crippen molar-refractivity contribution in [2.45, 2.75) is 33.2 Å². The molecule has 0 saturated carbocycles. The molecular formula is C10H15ClN2O2. The molecule has 4 nitrogen and oxygen atoms in total. The number of carbonyl (C=O) groups excluding carboxylic acids is 1. The fraction of sp³-hybridized carbons (Fsp3) is 0.600. The van der Waals surface area contributed by atoms with Gasteiger partial charge >= 0.3 is 5.97 Å². The van der Waals surface area contributed by atoms with Gasteiger partial charge in [-0.2, -0.15) is 5.10 Å². The first-order valence-corrected chi connectivity index (χ1v) is 5.39. The van der Waals surface area contributed by atoms with Crippen LogP contribution in [0.2, 0.25) is 5.02 Å². The third-order valence-electron chi connectivity index (χ3n) is 2.20. The second-order valence-electron chi connectivity index (χ2n) is 3.28. The molecule has 0 amide bonds. The number of nitrogens with zero attached hydrogens (tertiary/aromatic N) is 2. The Balaban J connectivity index is 2.90. The molecule has 0 aliphatic rings. The Bertz CT molecular complexity index is 349. The summed E-state index contributed by atoms with van der Waals surface area (Å²) in [6.07, 6.45) is 2.59. The van der Waals surface area contributed by atoms with Gasteiger partial charge in [0.15, 0.2) is 5.69 Å². The predicted octanol–water partition coefficient (Wildman–Crippen LogP) is 2.68. The Morgan fingerprint density at radius 2 is 2.33 bits per heavy atom. The van der Waals surface area contributed by atoms with E-state index in [-0.39, 0.29) is 11.7 Å². The summed E-state index contributed by atoms with van der Waals surface area (Å²) in [5.74, 6) is -0.468. The quantitative estimate of drug-likeness (QED) is 0.747. The highest BCUT2D eigenvalue weighted by atomic mass is 35.5. The zero-order chi connectivity index (χ0) is 11.4. The van der Waals surface area contributed by atoms with E-state index >= 15 is 0 Å². The van der Waals surface area contributed by atoms with Gasteiger partial charge in [0.1, 0.15) is 0 Å². The summed E-state index contributed by atoms with van der Waals surface area (Å²) in [6, 6.07) is 0.227. The van der Waals surface area contributed by atoms with Crippen molar-refractivity contribution in [3.63, 3.8) is 0 Å². The van der Waals surface area contributed by atoms with Crippen LogP contribution in [0.25, 0.3) is 0 Å². The van der Waals surface area contributed by atoms with Gasteiger partial charge in [0.05, 0.1) is 11.6 Å². The van der Waals surface area contributed by atoms with E-state index in [1.165, 1.54) is 0 Å². The molecule has 0 radical (unpaired) electrons. The third-order valence-corrected chi connectivity index (χ3v) is 2.48. The van der Waals surface area contributed by atoms with Crippen LogP contribution in [-0.4, -0.2) is 22.4 Å². The van der Waals surface area contributed by atoms with Gasteiger partial charge in [-0.1, -0.05) is 18.5 Å². The van der Waals surface area contributed by atoms with Gasteiger partial charge in [-0.05, 0) is 20.3 Å². The number of halogens is 1. The molecule has 0 aliphatic heterocycles. The summed E-state index contributed by atoms with van der Waals surface area (Å²) in [5.41, 5.74) is 0.193. The zero-order valence-electron chi connectivity index (χ0n) is 9.16. The number of aromatic nitrogens is 2. The molecule has 1 aromatic heterocycles. The highest BCUT2D eigenvalue weighted by molar-refractivity contribution is 6.33. The first-order chi connectivity index (χ1) is 7.10. The summed E-state index contributed by atoms with van der Waals surface area (Å²) in [7, 11) is 0. The Hall–Kier alpha value is -1.03. The van der Waals surface area contributed by atoms with Crippen molar-refractivity contribution in [1.82, 2.24) is 9.78 Å². The van der Waals surface area contributed by atoms with Crippen LogP contribution in [0.4, 0.5) is 0 Å². The van der Waals surface area contributed by atoms with E-state index in [1.807, 2.05) is 13.8 Å². The monoisotopic (exact) mass is 230 g/mol. The molecule has 0 spiro atoms. The van der Waals surface area contributed by atoms with E-state index < -0.39 is 5.97 Å². The number of esters is 1. The summed E-state index contributed by atoms with van der Waals surface area (Å²) >= 11 is 5.89. The van der Waals surface area contributed by atoms with Crippen LogP contribution in [0.5, 0.6) is 0 Å². The van der Waals surface area contributed by atoms with Crippen molar-refractivity contribution >= 4 is 17.6 Å². The SMILES string of the molecule is CCOC(=O)c1nn([C@@H](C)CC)cc1Cl. The Morgan fingerprint density at radius 3 is 2.87 bits per heavy atom. The lowest BCUT2D eigenvalue weighted by molar-refractivity contribution is 0.0518.